The molecule has 6 N–H and O–H groups in total. The molecule has 0 radical (unpaired) electrons. The van der Waals surface area contributed by atoms with Crippen molar-refractivity contribution in [2.75, 3.05) is 36.0 Å². The van der Waals surface area contributed by atoms with Crippen molar-refractivity contribution in [3.8, 4) is 0 Å². The van der Waals surface area contributed by atoms with Crippen molar-refractivity contribution in [2.45, 2.75) is 56.1 Å². The Morgan fingerprint density at radius 3 is 1.63 bits per heavy atom. The van der Waals surface area contributed by atoms with Gasteiger partial charge in [0.05, 0.1) is 0 Å². The van der Waals surface area contributed by atoms with Gasteiger partial charge in [-0.3, -0.25) is 14.4 Å². The van der Waals surface area contributed by atoms with Crippen molar-refractivity contribution in [1.29, 1.82) is 0 Å². The normalized spacial score (nSPS) is 27.9. The number of fused-ring (bicyclic) bond motifs is 8. The number of carbonyl (C=O) groups is 6. The van der Waals surface area contributed by atoms with Crippen molar-refractivity contribution in [2.24, 2.45) is 17.2 Å². The lowest BCUT2D eigenvalue weighted by atomic mass is 9.70. The largest absolute Gasteiger partial charge is 0.975 e. The van der Waals surface area contributed by atoms with Crippen molar-refractivity contribution in [3.63, 3.8) is 0 Å². The molecule has 3 unspecified atom stereocenters. The molecule has 46 heavy (non-hydrogen) atoms. The summed E-state index contributed by atoms with van der Waals surface area (Å²) < 4.78 is 21.8. The van der Waals surface area contributed by atoms with Gasteiger partial charge in [-0.15, -0.1) is 0 Å². The van der Waals surface area contributed by atoms with Gasteiger partial charge in [0.25, 0.3) is 0 Å². The van der Waals surface area contributed by atoms with Gasteiger partial charge in [0.2, 0.25) is 0 Å². The summed E-state index contributed by atoms with van der Waals surface area (Å²) in [6.07, 6.45) is 3.59. The highest BCUT2D eigenvalue weighted by Crippen LogP contribution is 2.43. The van der Waals surface area contributed by atoms with Crippen LogP contribution >= 0.6 is 35.3 Å². The summed E-state index contributed by atoms with van der Waals surface area (Å²) in [7, 11) is -5.51. The molecule has 3 heterocycles. The van der Waals surface area contributed by atoms with Gasteiger partial charge < -0.3 is 34.9 Å². The topological polar surface area (TPSA) is 236 Å². The highest BCUT2D eigenvalue weighted by molar-refractivity contribution is 7.98. The Morgan fingerprint density at radius 1 is 0.761 bits per heavy atom. The summed E-state index contributed by atoms with van der Waals surface area (Å²) in [5.74, 6) is -7.39. The SMILES string of the molecule is C=C(C)C(=O)OOC(=O)C1=C2C(N)(CCSC)C(=O)O[Si](OC(=O)C(=C)C)(OC(=O)C(N)(CCSC)C1)OC(=O)C2(N)CCSC. The van der Waals surface area contributed by atoms with Gasteiger partial charge in [-0.05, 0) is 69.1 Å². The average Bonchev–Trinajstić information content (AvgIpc) is 2.98. The lowest BCUT2D eigenvalue weighted by molar-refractivity contribution is -0.252. The van der Waals surface area contributed by atoms with Crippen LogP contribution in [-0.4, -0.2) is 97.5 Å². The van der Waals surface area contributed by atoms with Crippen LogP contribution in [0.3, 0.4) is 0 Å². The molecule has 0 saturated carbocycles. The first-order valence-corrected chi connectivity index (χ1v) is 19.4. The molecule has 0 aromatic rings. The van der Waals surface area contributed by atoms with Crippen LogP contribution in [0.1, 0.15) is 39.5 Å². The second-order valence-electron chi connectivity index (χ2n) is 10.7. The predicted molar refractivity (Wildman–Crippen MR) is 173 cm³/mol. The number of hydrogen-bond donors (Lipinski definition) is 3. The van der Waals surface area contributed by atoms with Gasteiger partial charge in [0.15, 0.2) is 0 Å². The van der Waals surface area contributed by atoms with E-state index < -0.39 is 79.0 Å². The van der Waals surface area contributed by atoms with Crippen LogP contribution in [0.25, 0.3) is 0 Å². The van der Waals surface area contributed by atoms with E-state index >= 15 is 0 Å². The molecule has 1 saturated heterocycles. The third-order valence-electron chi connectivity index (χ3n) is 6.98. The third-order valence-corrected chi connectivity index (χ3v) is 10.6. The Kier molecular flexibility index (Phi) is 13.6. The predicted octanol–water partition coefficient (Wildman–Crippen LogP) is 0.814. The van der Waals surface area contributed by atoms with E-state index in [1.165, 1.54) is 49.1 Å². The van der Waals surface area contributed by atoms with Crippen molar-refractivity contribution in [3.05, 3.63) is 35.5 Å². The fraction of sp³-hybridized carbons (Fsp3) is 0.556. The minimum atomic E-state index is -5.51. The number of carbonyl (C=O) groups excluding carboxylic acids is 6. The zero-order chi connectivity index (χ0) is 35.1. The number of hydrogen-bond acceptors (Lipinski definition) is 18. The molecular formula is C27H39N3O12S3Si. The first-order chi connectivity index (χ1) is 21.4. The van der Waals surface area contributed by atoms with Gasteiger partial charge >= 0.3 is 44.9 Å². The van der Waals surface area contributed by atoms with Crippen LogP contribution in [0.5, 0.6) is 0 Å². The highest BCUT2D eigenvalue weighted by Gasteiger charge is 2.71. The molecule has 3 aliphatic rings. The van der Waals surface area contributed by atoms with Crippen LogP contribution in [0, 0.1) is 0 Å². The fourth-order valence-corrected chi connectivity index (χ4v) is 7.91. The van der Waals surface area contributed by atoms with E-state index in [1.807, 2.05) is 0 Å². The number of nitrogens with two attached hydrogens (primary N) is 3. The molecule has 0 aliphatic carbocycles. The maximum Gasteiger partial charge on any atom is 0.975 e. The molecule has 19 heteroatoms. The first kappa shape index (κ1) is 39.4. The molecule has 3 rings (SSSR count). The van der Waals surface area contributed by atoms with Gasteiger partial charge in [-0.2, -0.15) is 35.3 Å². The van der Waals surface area contributed by atoms with Gasteiger partial charge in [0, 0.05) is 28.7 Å². The summed E-state index contributed by atoms with van der Waals surface area (Å²) in [6, 6.07) is 0. The maximum absolute atomic E-state index is 14.2. The van der Waals surface area contributed by atoms with Crippen molar-refractivity contribution in [1.82, 2.24) is 0 Å². The first-order valence-electron chi connectivity index (χ1n) is 13.6. The molecule has 0 spiro atoms. The second-order valence-corrected chi connectivity index (χ2v) is 15.5. The Bertz CT molecular complexity index is 1310. The van der Waals surface area contributed by atoms with Crippen molar-refractivity contribution < 1.29 is 56.2 Å². The second kappa shape index (κ2) is 15.9. The Balaban J connectivity index is 3.16. The van der Waals surface area contributed by atoms with Crippen molar-refractivity contribution >= 4 is 80.1 Å². The van der Waals surface area contributed by atoms with E-state index in [-0.39, 0.29) is 47.7 Å². The molecule has 0 amide bonds. The minimum Gasteiger partial charge on any atom is -0.421 e. The zero-order valence-electron chi connectivity index (χ0n) is 26.2. The van der Waals surface area contributed by atoms with Gasteiger partial charge in [-0.1, -0.05) is 13.2 Å². The molecule has 3 aliphatic heterocycles. The smallest absolute Gasteiger partial charge is 0.421 e. The van der Waals surface area contributed by atoms with E-state index in [1.54, 1.807) is 18.8 Å². The minimum absolute atomic E-state index is 0.127. The Hall–Kier alpha value is -2.81. The molecule has 15 nitrogen and oxygen atoms in total. The summed E-state index contributed by atoms with van der Waals surface area (Å²) in [4.78, 5) is 90.5. The molecule has 1 fully saturated rings. The van der Waals surface area contributed by atoms with E-state index in [0.29, 0.717) is 0 Å². The summed E-state index contributed by atoms with van der Waals surface area (Å²) in [5, 5.41) is 0. The van der Waals surface area contributed by atoms with Gasteiger partial charge in [0.1, 0.15) is 16.6 Å². The van der Waals surface area contributed by atoms with E-state index in [9.17, 15) is 28.8 Å². The van der Waals surface area contributed by atoms with E-state index in [2.05, 4.69) is 18.0 Å². The summed E-state index contributed by atoms with van der Waals surface area (Å²) in [6.45, 7) is 9.44. The van der Waals surface area contributed by atoms with Crippen LogP contribution in [0.15, 0.2) is 35.5 Å². The molecule has 2 bridgehead atoms. The summed E-state index contributed by atoms with van der Waals surface area (Å²) in [5.41, 5.74) is 11.9. The summed E-state index contributed by atoms with van der Waals surface area (Å²) >= 11 is 3.80. The molecule has 0 aromatic carbocycles. The lowest BCUT2D eigenvalue weighted by Gasteiger charge is -2.46. The number of thioether (sulfide) groups is 3. The van der Waals surface area contributed by atoms with Crippen LogP contribution < -0.4 is 17.2 Å². The molecule has 3 atom stereocenters. The average molecular weight is 722 g/mol. The quantitative estimate of drug-likeness (QED) is 0.103. The fourth-order valence-electron chi connectivity index (χ4n) is 4.39. The van der Waals surface area contributed by atoms with Crippen LogP contribution in [-0.2, 0) is 56.2 Å². The standard InChI is InChI=1S/C27H39N3O12S3Si/c1-15(2)19(31)37-38-21(33)17-14-25(28,8-11-43-5)22(34)40-46(39-20(32)16(3)4)41-23(35)26(29,9-12-44-6)18(17)27(30,10-13-45-7)24(36)42-46/h1,3,8-14,28-30H2,2,4-7H3. The van der Waals surface area contributed by atoms with Crippen LogP contribution in [0.4, 0.5) is 0 Å². The Labute approximate surface area is 280 Å². The molecular weight excluding hydrogens is 683 g/mol. The van der Waals surface area contributed by atoms with E-state index in [0.717, 1.165) is 0 Å². The van der Waals surface area contributed by atoms with Gasteiger partial charge in [-0.25, -0.2) is 24.2 Å². The maximum atomic E-state index is 14.2. The third kappa shape index (κ3) is 8.55. The Morgan fingerprint density at radius 2 is 1.20 bits per heavy atom. The zero-order valence-corrected chi connectivity index (χ0v) is 29.7. The van der Waals surface area contributed by atoms with E-state index in [4.69, 9.17) is 39.8 Å². The highest BCUT2D eigenvalue weighted by atomic mass is 32.2. The van der Waals surface area contributed by atoms with Crippen LogP contribution in [0.2, 0.25) is 0 Å². The molecule has 0 aromatic heterocycles. The lowest BCUT2D eigenvalue weighted by Crippen LogP contribution is -2.72. The monoisotopic (exact) mass is 721 g/mol. The number of rotatable bonds is 13. The molecule has 256 valence electrons.